The number of phenolic OH excluding ortho intramolecular Hbond substituents is 1. The minimum atomic E-state index is -0.717. The Morgan fingerprint density at radius 3 is 2.37 bits per heavy atom. The van der Waals surface area contributed by atoms with Crippen molar-refractivity contribution in [2.24, 2.45) is 0 Å². The predicted octanol–water partition coefficient (Wildman–Crippen LogP) is 2.43. The number of hydrogen-bond donors (Lipinski definition) is 2. The third-order valence-electron chi connectivity index (χ3n) is 4.01. The molecular weight excluding hydrogens is 242 g/mol. The van der Waals surface area contributed by atoms with Crippen molar-refractivity contribution >= 4 is 5.97 Å². The Morgan fingerprint density at radius 1 is 1.32 bits per heavy atom. The molecule has 1 unspecified atom stereocenters. The summed E-state index contributed by atoms with van der Waals surface area (Å²) in [6.07, 6.45) is 2.61. The van der Waals surface area contributed by atoms with Gasteiger partial charge in [0.15, 0.2) is 0 Å². The summed E-state index contributed by atoms with van der Waals surface area (Å²) in [7, 11) is 0. The van der Waals surface area contributed by atoms with E-state index < -0.39 is 5.97 Å². The number of carboxylic acid groups (broad SMARTS) is 1. The molecule has 0 amide bonds. The van der Waals surface area contributed by atoms with Crippen LogP contribution in [-0.2, 0) is 4.79 Å². The molecule has 1 aromatic rings. The van der Waals surface area contributed by atoms with E-state index in [1.807, 2.05) is 19.1 Å². The van der Waals surface area contributed by atoms with E-state index >= 15 is 0 Å². The van der Waals surface area contributed by atoms with Crippen LogP contribution in [0.15, 0.2) is 24.3 Å². The summed E-state index contributed by atoms with van der Waals surface area (Å²) < 4.78 is 0. The van der Waals surface area contributed by atoms with Crippen molar-refractivity contribution in [3.05, 3.63) is 29.8 Å². The minimum Gasteiger partial charge on any atom is -0.508 e. The fraction of sp³-hybridized carbons (Fsp3) is 0.533. The van der Waals surface area contributed by atoms with E-state index in [-0.39, 0.29) is 11.8 Å². The average molecular weight is 263 g/mol. The van der Waals surface area contributed by atoms with E-state index in [0.717, 1.165) is 25.9 Å². The lowest BCUT2D eigenvalue weighted by atomic mass is 9.88. The second-order valence-corrected chi connectivity index (χ2v) is 5.16. The topological polar surface area (TPSA) is 60.8 Å². The van der Waals surface area contributed by atoms with Gasteiger partial charge in [-0.25, -0.2) is 0 Å². The maximum absolute atomic E-state index is 11.1. The van der Waals surface area contributed by atoms with Crippen LogP contribution in [-0.4, -0.2) is 40.2 Å². The summed E-state index contributed by atoms with van der Waals surface area (Å²) >= 11 is 0. The zero-order chi connectivity index (χ0) is 13.8. The number of likely N-dealkylation sites (tertiary alicyclic amines) is 1. The van der Waals surface area contributed by atoms with Crippen molar-refractivity contribution in [2.75, 3.05) is 13.1 Å². The van der Waals surface area contributed by atoms with Crippen LogP contribution >= 0.6 is 0 Å². The van der Waals surface area contributed by atoms with Gasteiger partial charge in [0.25, 0.3) is 0 Å². The van der Waals surface area contributed by atoms with E-state index in [4.69, 9.17) is 5.11 Å². The molecule has 1 aliphatic rings. The zero-order valence-corrected chi connectivity index (χ0v) is 11.2. The van der Waals surface area contributed by atoms with Gasteiger partial charge in [-0.15, -0.1) is 0 Å². The molecule has 4 nitrogen and oxygen atoms in total. The Hall–Kier alpha value is -1.55. The lowest BCUT2D eigenvalue weighted by Gasteiger charge is -2.35. The molecule has 4 heteroatoms. The molecule has 0 aromatic heterocycles. The van der Waals surface area contributed by atoms with Crippen molar-refractivity contribution in [1.29, 1.82) is 0 Å². The first-order valence-corrected chi connectivity index (χ1v) is 6.87. The first-order chi connectivity index (χ1) is 9.11. The van der Waals surface area contributed by atoms with Crippen molar-refractivity contribution < 1.29 is 15.0 Å². The van der Waals surface area contributed by atoms with Gasteiger partial charge in [0.1, 0.15) is 11.8 Å². The summed E-state index contributed by atoms with van der Waals surface area (Å²) in [6, 6.07) is 7.01. The number of phenols is 1. The number of benzene rings is 1. The van der Waals surface area contributed by atoms with Crippen LogP contribution in [0.4, 0.5) is 0 Å². The molecule has 2 N–H and O–H groups in total. The van der Waals surface area contributed by atoms with E-state index in [9.17, 15) is 9.90 Å². The van der Waals surface area contributed by atoms with Gasteiger partial charge < -0.3 is 10.2 Å². The van der Waals surface area contributed by atoms with Crippen molar-refractivity contribution in [3.8, 4) is 5.75 Å². The highest BCUT2D eigenvalue weighted by Crippen LogP contribution is 2.30. The Morgan fingerprint density at radius 2 is 1.89 bits per heavy atom. The van der Waals surface area contributed by atoms with Crippen LogP contribution < -0.4 is 0 Å². The first kappa shape index (κ1) is 13.9. The molecule has 19 heavy (non-hydrogen) atoms. The van der Waals surface area contributed by atoms with Gasteiger partial charge in [0.2, 0.25) is 0 Å². The fourth-order valence-corrected chi connectivity index (χ4v) is 2.88. The Bertz CT molecular complexity index is 422. The highest BCUT2D eigenvalue weighted by atomic mass is 16.4. The fourth-order valence-electron chi connectivity index (χ4n) is 2.88. The Labute approximate surface area is 113 Å². The van der Waals surface area contributed by atoms with Crippen LogP contribution in [0.5, 0.6) is 5.75 Å². The number of aliphatic carboxylic acids is 1. The monoisotopic (exact) mass is 263 g/mol. The first-order valence-electron chi connectivity index (χ1n) is 6.87. The van der Waals surface area contributed by atoms with Crippen molar-refractivity contribution in [3.63, 3.8) is 0 Å². The molecule has 1 fully saturated rings. The molecule has 0 radical (unpaired) electrons. The van der Waals surface area contributed by atoms with Gasteiger partial charge in [-0.05, 0) is 56.0 Å². The lowest BCUT2D eigenvalue weighted by Crippen LogP contribution is -2.44. The van der Waals surface area contributed by atoms with Gasteiger partial charge in [0, 0.05) is 0 Å². The summed E-state index contributed by atoms with van der Waals surface area (Å²) in [5, 5.41) is 18.5. The van der Waals surface area contributed by atoms with Gasteiger partial charge >= 0.3 is 5.97 Å². The Balaban J connectivity index is 1.95. The molecule has 104 valence electrons. The number of rotatable bonds is 4. The predicted molar refractivity (Wildman–Crippen MR) is 73.4 cm³/mol. The molecule has 1 saturated heterocycles. The number of carbonyl (C=O) groups is 1. The summed E-state index contributed by atoms with van der Waals surface area (Å²) in [4.78, 5) is 13.2. The van der Waals surface area contributed by atoms with E-state index in [1.54, 1.807) is 12.1 Å². The highest BCUT2D eigenvalue weighted by molar-refractivity contribution is 5.73. The molecule has 0 spiro atoms. The van der Waals surface area contributed by atoms with E-state index in [0.29, 0.717) is 12.3 Å². The number of nitrogens with zero attached hydrogens (tertiary/aromatic N) is 1. The number of hydrogen-bond acceptors (Lipinski definition) is 3. The number of piperidine rings is 1. The SMILES string of the molecule is CCC(C(=O)O)N1CCC(c2ccc(O)cc2)CC1. The highest BCUT2D eigenvalue weighted by Gasteiger charge is 2.28. The van der Waals surface area contributed by atoms with Gasteiger partial charge in [-0.2, -0.15) is 0 Å². The molecule has 1 aromatic carbocycles. The van der Waals surface area contributed by atoms with E-state index in [2.05, 4.69) is 4.90 Å². The largest absolute Gasteiger partial charge is 0.508 e. The molecule has 1 heterocycles. The minimum absolute atomic E-state index is 0.290. The third kappa shape index (κ3) is 3.26. The molecular formula is C15H21NO3. The molecule has 1 atom stereocenters. The smallest absolute Gasteiger partial charge is 0.320 e. The van der Waals surface area contributed by atoms with Gasteiger partial charge in [-0.1, -0.05) is 19.1 Å². The summed E-state index contributed by atoms with van der Waals surface area (Å²) in [5.74, 6) is 0.0480. The van der Waals surface area contributed by atoms with Crippen LogP contribution in [0.3, 0.4) is 0 Å². The Kier molecular flexibility index (Phi) is 4.43. The van der Waals surface area contributed by atoms with Gasteiger partial charge in [0.05, 0.1) is 0 Å². The number of aromatic hydroxyl groups is 1. The quantitative estimate of drug-likeness (QED) is 0.876. The normalized spacial score (nSPS) is 19.2. The number of carboxylic acids is 1. The van der Waals surface area contributed by atoms with Crippen LogP contribution in [0.2, 0.25) is 0 Å². The molecule has 0 saturated carbocycles. The second kappa shape index (κ2) is 6.06. The van der Waals surface area contributed by atoms with Crippen LogP contribution in [0, 0.1) is 0 Å². The maximum atomic E-state index is 11.1. The molecule has 0 bridgehead atoms. The maximum Gasteiger partial charge on any atom is 0.320 e. The molecule has 0 aliphatic carbocycles. The summed E-state index contributed by atoms with van der Waals surface area (Å²) in [6.45, 7) is 3.58. The van der Waals surface area contributed by atoms with Crippen molar-refractivity contribution in [2.45, 2.75) is 38.1 Å². The standard InChI is InChI=1S/C15H21NO3/c1-2-14(15(18)19)16-9-7-12(8-10-16)11-3-5-13(17)6-4-11/h3-6,12,14,17H,2,7-10H2,1H3,(H,18,19). The second-order valence-electron chi connectivity index (χ2n) is 5.16. The van der Waals surface area contributed by atoms with Crippen molar-refractivity contribution in [1.82, 2.24) is 4.90 Å². The lowest BCUT2D eigenvalue weighted by molar-refractivity contribution is -0.143. The van der Waals surface area contributed by atoms with E-state index in [1.165, 1.54) is 5.56 Å². The summed E-state index contributed by atoms with van der Waals surface area (Å²) in [5.41, 5.74) is 1.24. The molecule has 1 aliphatic heterocycles. The molecule has 2 rings (SSSR count). The zero-order valence-electron chi connectivity index (χ0n) is 11.2. The van der Waals surface area contributed by atoms with Crippen LogP contribution in [0.25, 0.3) is 0 Å². The third-order valence-corrected chi connectivity index (χ3v) is 4.01. The average Bonchev–Trinajstić information content (AvgIpc) is 2.41. The van der Waals surface area contributed by atoms with Gasteiger partial charge in [-0.3, -0.25) is 9.69 Å². The van der Waals surface area contributed by atoms with Crippen LogP contribution in [0.1, 0.15) is 37.7 Å².